The zero-order valence-corrected chi connectivity index (χ0v) is 14.6. The van der Waals surface area contributed by atoms with Crippen molar-refractivity contribution in [3.8, 4) is 5.75 Å². The Balaban J connectivity index is 1.59. The summed E-state index contributed by atoms with van der Waals surface area (Å²) in [4.78, 5) is 18.8. The molecule has 8 nitrogen and oxygen atoms in total. The normalized spacial score (nSPS) is 16.5. The van der Waals surface area contributed by atoms with Crippen molar-refractivity contribution < 1.29 is 17.9 Å². The topological polar surface area (TPSA) is 104 Å². The summed E-state index contributed by atoms with van der Waals surface area (Å²) in [5.74, 6) is 0.338. The van der Waals surface area contributed by atoms with Gasteiger partial charge >= 0.3 is 0 Å². The Morgan fingerprint density at radius 1 is 1.36 bits per heavy atom. The summed E-state index contributed by atoms with van der Waals surface area (Å²) in [5, 5.41) is 2.94. The Morgan fingerprint density at radius 3 is 2.76 bits per heavy atom. The minimum Gasteiger partial charge on any atom is -0.497 e. The highest BCUT2D eigenvalue weighted by atomic mass is 32.2. The fraction of sp³-hybridized carbons (Fsp3) is 0.375. The van der Waals surface area contributed by atoms with E-state index < -0.39 is 10.0 Å². The third-order valence-corrected chi connectivity index (χ3v) is 6.08. The molecule has 25 heavy (non-hydrogen) atoms. The molecule has 3 rings (SSSR count). The van der Waals surface area contributed by atoms with Crippen LogP contribution in [-0.2, 0) is 14.8 Å². The first-order chi connectivity index (χ1) is 12.0. The van der Waals surface area contributed by atoms with Crippen LogP contribution in [0.4, 0.5) is 5.69 Å². The Labute approximate surface area is 146 Å². The number of piperidine rings is 1. The van der Waals surface area contributed by atoms with Crippen molar-refractivity contribution in [3.63, 3.8) is 0 Å². The maximum Gasteiger partial charge on any atom is 0.260 e. The number of carbonyl (C=O) groups excluding carboxylic acids is 1. The Bertz CT molecular complexity index is 828. The van der Waals surface area contributed by atoms with Gasteiger partial charge in [0.25, 0.3) is 10.0 Å². The van der Waals surface area contributed by atoms with E-state index in [1.54, 1.807) is 31.4 Å². The number of anilines is 1. The van der Waals surface area contributed by atoms with Crippen molar-refractivity contribution in [1.29, 1.82) is 0 Å². The summed E-state index contributed by atoms with van der Waals surface area (Å²) in [6.45, 7) is 0.606. The number of amides is 1. The molecule has 0 unspecified atom stereocenters. The van der Waals surface area contributed by atoms with Crippen molar-refractivity contribution in [2.75, 3.05) is 25.5 Å². The van der Waals surface area contributed by atoms with Crippen LogP contribution in [0.1, 0.15) is 12.8 Å². The van der Waals surface area contributed by atoms with E-state index in [1.807, 2.05) is 0 Å². The van der Waals surface area contributed by atoms with Crippen molar-refractivity contribution in [2.24, 2.45) is 5.92 Å². The predicted octanol–water partition coefficient (Wildman–Crippen LogP) is 1.46. The second-order valence-electron chi connectivity index (χ2n) is 5.82. The number of hydrogen-bond donors (Lipinski definition) is 2. The van der Waals surface area contributed by atoms with Crippen molar-refractivity contribution in [2.45, 2.75) is 17.9 Å². The van der Waals surface area contributed by atoms with Gasteiger partial charge in [0, 0.05) is 30.8 Å². The molecule has 1 amide bonds. The maximum atomic E-state index is 12.4. The molecule has 0 aliphatic carbocycles. The number of aromatic amines is 1. The summed E-state index contributed by atoms with van der Waals surface area (Å²) in [7, 11) is -2.00. The highest BCUT2D eigenvalue weighted by Crippen LogP contribution is 2.24. The van der Waals surface area contributed by atoms with E-state index in [1.165, 1.54) is 16.8 Å². The van der Waals surface area contributed by atoms with E-state index in [-0.39, 0.29) is 16.9 Å². The molecule has 9 heteroatoms. The molecule has 1 aromatic heterocycles. The number of H-pyrrole nitrogens is 1. The standard InChI is InChI=1S/C16H20N4O4S/c1-24-14-4-2-3-13(9-14)19-16(21)12-5-7-20(8-6-12)25(22,23)15-10-17-11-18-15/h2-4,9-12H,5-8H2,1H3,(H,17,18)(H,19,21). The van der Waals surface area contributed by atoms with Crippen molar-refractivity contribution in [3.05, 3.63) is 36.8 Å². The average molecular weight is 364 g/mol. The Hall–Kier alpha value is -2.39. The molecule has 2 N–H and O–H groups in total. The molecule has 0 saturated carbocycles. The summed E-state index contributed by atoms with van der Waals surface area (Å²) in [6, 6.07) is 7.14. The smallest absolute Gasteiger partial charge is 0.260 e. The average Bonchev–Trinajstić information content (AvgIpc) is 3.17. The summed E-state index contributed by atoms with van der Waals surface area (Å²) < 4.78 is 31.4. The van der Waals surface area contributed by atoms with Gasteiger partial charge in [-0.05, 0) is 25.0 Å². The molecule has 1 saturated heterocycles. The second-order valence-corrected chi connectivity index (χ2v) is 7.72. The zero-order chi connectivity index (χ0) is 17.9. The lowest BCUT2D eigenvalue weighted by atomic mass is 9.97. The molecule has 0 bridgehead atoms. The number of nitrogens with zero attached hydrogens (tertiary/aromatic N) is 2. The van der Waals surface area contributed by atoms with Gasteiger partial charge in [-0.3, -0.25) is 4.79 Å². The van der Waals surface area contributed by atoms with Gasteiger partial charge in [-0.2, -0.15) is 4.31 Å². The number of sulfonamides is 1. The van der Waals surface area contributed by atoms with Gasteiger partial charge < -0.3 is 15.0 Å². The second kappa shape index (κ2) is 7.24. The number of rotatable bonds is 5. The molecule has 0 atom stereocenters. The number of imidazole rings is 1. The molecular weight excluding hydrogens is 344 g/mol. The van der Waals surface area contributed by atoms with Crippen molar-refractivity contribution in [1.82, 2.24) is 14.3 Å². The van der Waals surface area contributed by atoms with Crippen LogP contribution in [-0.4, -0.2) is 48.8 Å². The molecule has 134 valence electrons. The first kappa shape index (κ1) is 17.4. The molecule has 0 spiro atoms. The van der Waals surface area contributed by atoms with E-state index in [2.05, 4.69) is 15.3 Å². The number of nitrogens with one attached hydrogen (secondary N) is 2. The lowest BCUT2D eigenvalue weighted by molar-refractivity contribution is -0.120. The van der Waals surface area contributed by atoms with Crippen LogP contribution in [0, 0.1) is 5.92 Å². The lowest BCUT2D eigenvalue weighted by Crippen LogP contribution is -2.41. The van der Waals surface area contributed by atoms with Gasteiger partial charge in [0.15, 0.2) is 5.03 Å². The van der Waals surface area contributed by atoms with E-state index in [0.717, 1.165) is 0 Å². The van der Waals surface area contributed by atoms with E-state index >= 15 is 0 Å². The number of aromatic nitrogens is 2. The van der Waals surface area contributed by atoms with Gasteiger partial charge in [-0.15, -0.1) is 0 Å². The van der Waals surface area contributed by atoms with Gasteiger partial charge in [0.2, 0.25) is 5.91 Å². The first-order valence-corrected chi connectivity index (χ1v) is 9.38. The highest BCUT2D eigenvalue weighted by Gasteiger charge is 2.32. The predicted molar refractivity (Wildman–Crippen MR) is 91.7 cm³/mol. The SMILES string of the molecule is COc1cccc(NC(=O)C2CCN(S(=O)(=O)c3cnc[nH]3)CC2)c1. The largest absolute Gasteiger partial charge is 0.497 e. The van der Waals surface area contributed by atoms with Crippen LogP contribution in [0.2, 0.25) is 0 Å². The van der Waals surface area contributed by atoms with Gasteiger partial charge in [-0.25, -0.2) is 13.4 Å². The molecule has 2 aromatic rings. The third kappa shape index (κ3) is 3.83. The lowest BCUT2D eigenvalue weighted by Gasteiger charge is -2.30. The third-order valence-electron chi connectivity index (χ3n) is 4.25. The van der Waals surface area contributed by atoms with Gasteiger partial charge in [0.05, 0.1) is 19.6 Å². The van der Waals surface area contributed by atoms with Crippen LogP contribution in [0.5, 0.6) is 5.75 Å². The van der Waals surface area contributed by atoms with Crippen molar-refractivity contribution >= 4 is 21.6 Å². The monoisotopic (exact) mass is 364 g/mol. The molecule has 1 fully saturated rings. The van der Waals surface area contributed by atoms with E-state index in [4.69, 9.17) is 4.74 Å². The molecule has 2 heterocycles. The van der Waals surface area contributed by atoms with Crippen LogP contribution in [0.15, 0.2) is 41.8 Å². The fourth-order valence-electron chi connectivity index (χ4n) is 2.83. The summed E-state index contributed by atoms with van der Waals surface area (Å²) in [5.41, 5.74) is 0.664. The van der Waals surface area contributed by atoms with Crippen LogP contribution < -0.4 is 10.1 Å². The number of ether oxygens (including phenoxy) is 1. The summed E-state index contributed by atoms with van der Waals surface area (Å²) >= 11 is 0. The number of carbonyl (C=O) groups is 1. The molecule has 1 aliphatic rings. The van der Waals surface area contributed by atoms with Crippen LogP contribution >= 0.6 is 0 Å². The number of benzene rings is 1. The maximum absolute atomic E-state index is 12.4. The zero-order valence-electron chi connectivity index (χ0n) is 13.8. The molecular formula is C16H20N4O4S. The van der Waals surface area contributed by atoms with Crippen LogP contribution in [0.3, 0.4) is 0 Å². The molecule has 1 aliphatic heterocycles. The fourth-order valence-corrected chi connectivity index (χ4v) is 4.19. The molecule has 1 aromatic carbocycles. The quantitative estimate of drug-likeness (QED) is 0.836. The Kier molecular flexibility index (Phi) is 5.05. The van der Waals surface area contributed by atoms with E-state index in [9.17, 15) is 13.2 Å². The Morgan fingerprint density at radius 2 is 2.12 bits per heavy atom. The van der Waals surface area contributed by atoms with Gasteiger partial charge in [0.1, 0.15) is 5.75 Å². The minimum atomic E-state index is -3.57. The first-order valence-electron chi connectivity index (χ1n) is 7.94. The molecule has 0 radical (unpaired) electrons. The summed E-state index contributed by atoms with van der Waals surface area (Å²) in [6.07, 6.45) is 3.57. The number of hydrogen-bond acceptors (Lipinski definition) is 5. The van der Waals surface area contributed by atoms with Gasteiger partial charge in [-0.1, -0.05) is 6.07 Å². The highest BCUT2D eigenvalue weighted by molar-refractivity contribution is 7.89. The number of methoxy groups -OCH3 is 1. The van der Waals surface area contributed by atoms with E-state index in [0.29, 0.717) is 37.4 Å². The minimum absolute atomic E-state index is 0.0757. The van der Waals surface area contributed by atoms with Crippen LogP contribution in [0.25, 0.3) is 0 Å².